The van der Waals surface area contributed by atoms with Crippen LogP contribution < -0.4 is 4.48 Å². The number of hydrogen-bond donors (Lipinski definition) is 0. The second kappa shape index (κ2) is 13.2. The Morgan fingerprint density at radius 3 is 1.90 bits per heavy atom. The number of nitrogens with zero attached hydrogens (tertiary/aromatic N) is 2. The predicted molar refractivity (Wildman–Crippen MR) is 132 cm³/mol. The van der Waals surface area contributed by atoms with Crippen molar-refractivity contribution in [2.24, 2.45) is 4.99 Å². The fourth-order valence-electron chi connectivity index (χ4n) is 4.67. The molecule has 0 N–H and O–H groups in total. The summed E-state index contributed by atoms with van der Waals surface area (Å²) in [4.78, 5) is 4.88. The monoisotopic (exact) mass is 399 g/mol. The highest BCUT2D eigenvalue weighted by molar-refractivity contribution is 5.90. The minimum atomic E-state index is 0.892. The van der Waals surface area contributed by atoms with E-state index in [4.69, 9.17) is 4.99 Å². The van der Waals surface area contributed by atoms with Gasteiger partial charge in [0.15, 0.2) is 12.0 Å². The van der Waals surface area contributed by atoms with Crippen molar-refractivity contribution >= 4 is 17.7 Å². The number of aliphatic imine (C=N–C) groups is 1. The van der Waals surface area contributed by atoms with Gasteiger partial charge in [-0.15, -0.1) is 0 Å². The summed E-state index contributed by atoms with van der Waals surface area (Å²) in [5, 5.41) is 0. The van der Waals surface area contributed by atoms with Crippen molar-refractivity contribution in [3.63, 3.8) is 0 Å². The molecule has 2 rings (SSSR count). The van der Waals surface area contributed by atoms with Crippen molar-refractivity contribution in [3.05, 3.63) is 23.3 Å². The van der Waals surface area contributed by atoms with E-state index in [0.717, 1.165) is 4.48 Å². The van der Waals surface area contributed by atoms with Crippen LogP contribution in [-0.2, 0) is 6.42 Å². The zero-order valence-corrected chi connectivity index (χ0v) is 19.9. The van der Waals surface area contributed by atoms with Crippen molar-refractivity contribution in [1.82, 2.24) is 4.48 Å². The number of rotatable bonds is 16. The summed E-state index contributed by atoms with van der Waals surface area (Å²) in [5.74, 6) is 0. The average molecular weight is 400 g/mol. The molecule has 0 saturated carbocycles. The van der Waals surface area contributed by atoms with E-state index in [0.29, 0.717) is 0 Å². The van der Waals surface area contributed by atoms with E-state index in [1.165, 1.54) is 125 Å². The molecule has 2 nitrogen and oxygen atoms in total. The van der Waals surface area contributed by atoms with Gasteiger partial charge in [0.2, 0.25) is 0 Å². The second-order valence-corrected chi connectivity index (χ2v) is 9.45. The summed E-state index contributed by atoms with van der Waals surface area (Å²) in [5.41, 5.74) is 5.61. The summed E-state index contributed by atoms with van der Waals surface area (Å²) in [7, 11) is 2.34. The molecule has 0 bridgehead atoms. The smallest absolute Gasteiger partial charge is 0.195 e. The molecule has 164 valence electrons. The number of fused-ring (bicyclic) bond motifs is 1. The van der Waals surface area contributed by atoms with Gasteiger partial charge in [-0.05, 0) is 43.7 Å². The summed E-state index contributed by atoms with van der Waals surface area (Å²) in [6.07, 6.45) is 22.6. The van der Waals surface area contributed by atoms with E-state index in [1.807, 2.05) is 0 Å². The number of hydrogen-bond acceptors (Lipinski definition) is 1. The topological polar surface area (TPSA) is 12.4 Å². The quantitative estimate of drug-likeness (QED) is 0.195. The van der Waals surface area contributed by atoms with Crippen molar-refractivity contribution in [3.8, 4) is 0 Å². The largest absolute Gasteiger partial charge is 0.249 e. The Morgan fingerprint density at radius 2 is 1.28 bits per heavy atom. The first kappa shape index (κ1) is 24.1. The van der Waals surface area contributed by atoms with Gasteiger partial charge in [0.1, 0.15) is 5.69 Å². The first-order valence-corrected chi connectivity index (χ1v) is 12.7. The highest BCUT2D eigenvalue weighted by atomic mass is 15.4. The van der Waals surface area contributed by atoms with Crippen LogP contribution in [0.2, 0.25) is 0 Å². The first-order chi connectivity index (χ1) is 14.1. The van der Waals surface area contributed by atoms with Crippen molar-refractivity contribution in [2.45, 2.75) is 117 Å². The lowest BCUT2D eigenvalue weighted by atomic mass is 9.98. The molecular formula is C27H47N2+. The van der Waals surface area contributed by atoms with Gasteiger partial charge in [-0.25, -0.2) is 4.48 Å². The van der Waals surface area contributed by atoms with Crippen LogP contribution in [0.15, 0.2) is 17.1 Å². The third-order valence-corrected chi connectivity index (χ3v) is 6.79. The van der Waals surface area contributed by atoms with Crippen molar-refractivity contribution in [2.75, 3.05) is 13.6 Å². The van der Waals surface area contributed by atoms with Gasteiger partial charge < -0.3 is 0 Å². The average Bonchev–Trinajstić information content (AvgIpc) is 3.06. The molecule has 2 heteroatoms. The third-order valence-electron chi connectivity index (χ3n) is 6.79. The molecule has 1 unspecified atom stereocenters. The SMILES string of the molecule is CCCCCCCCCc1ccc2c(c1C)N=C[N+]2(C)CCCCCCCCC. The Morgan fingerprint density at radius 1 is 0.724 bits per heavy atom. The Hall–Kier alpha value is -1.15. The molecule has 1 atom stereocenters. The van der Waals surface area contributed by atoms with Gasteiger partial charge >= 0.3 is 0 Å². The van der Waals surface area contributed by atoms with Crippen molar-refractivity contribution < 1.29 is 0 Å². The van der Waals surface area contributed by atoms with Crippen LogP contribution in [0.25, 0.3) is 0 Å². The maximum atomic E-state index is 4.88. The summed E-state index contributed by atoms with van der Waals surface area (Å²) in [6, 6.07) is 4.76. The van der Waals surface area contributed by atoms with Gasteiger partial charge in [0, 0.05) is 6.07 Å². The van der Waals surface area contributed by atoms with Gasteiger partial charge in [-0.3, -0.25) is 0 Å². The molecule has 0 aliphatic carbocycles. The Kier molecular flexibility index (Phi) is 11.0. The van der Waals surface area contributed by atoms with Gasteiger partial charge in [0.05, 0.1) is 13.6 Å². The van der Waals surface area contributed by atoms with Crippen LogP contribution in [0.5, 0.6) is 0 Å². The van der Waals surface area contributed by atoms with Crippen LogP contribution in [0.1, 0.15) is 115 Å². The minimum absolute atomic E-state index is 0.892. The molecule has 0 amide bonds. The summed E-state index contributed by atoms with van der Waals surface area (Å²) >= 11 is 0. The summed E-state index contributed by atoms with van der Waals surface area (Å²) < 4.78 is 0.892. The molecule has 0 aromatic heterocycles. The molecule has 1 aromatic carbocycles. The second-order valence-electron chi connectivity index (χ2n) is 9.45. The number of aryl methyl sites for hydroxylation is 1. The number of unbranched alkanes of at least 4 members (excludes halogenated alkanes) is 12. The highest BCUT2D eigenvalue weighted by Crippen LogP contribution is 2.41. The van der Waals surface area contributed by atoms with Crippen LogP contribution in [0.4, 0.5) is 11.4 Å². The minimum Gasteiger partial charge on any atom is -0.249 e. The highest BCUT2D eigenvalue weighted by Gasteiger charge is 2.32. The normalized spacial score (nSPS) is 17.8. The lowest BCUT2D eigenvalue weighted by Gasteiger charge is -2.26. The van der Waals surface area contributed by atoms with Crippen molar-refractivity contribution in [1.29, 1.82) is 0 Å². The Bertz CT molecular complexity index is 619. The Balaban J connectivity index is 1.78. The van der Waals surface area contributed by atoms with Crippen LogP contribution in [0, 0.1) is 6.92 Å². The zero-order valence-electron chi connectivity index (χ0n) is 19.9. The standard InChI is InChI=1S/C27H47N2/c1-5-7-9-11-13-15-17-19-25-20-21-26-27(24(25)3)28-23-29(26,4)22-18-16-14-12-10-8-6-2/h20-21,23H,5-19,22H2,1-4H3/q+1. The molecule has 1 aromatic rings. The molecule has 1 aliphatic rings. The zero-order chi connectivity index (χ0) is 21.0. The van der Waals surface area contributed by atoms with E-state index >= 15 is 0 Å². The van der Waals surface area contributed by atoms with E-state index in [1.54, 1.807) is 0 Å². The molecule has 0 saturated heterocycles. The third kappa shape index (κ3) is 7.55. The maximum Gasteiger partial charge on any atom is 0.195 e. The molecular weight excluding hydrogens is 352 g/mol. The van der Waals surface area contributed by atoms with Gasteiger partial charge in [0.25, 0.3) is 0 Å². The van der Waals surface area contributed by atoms with Gasteiger partial charge in [-0.1, -0.05) is 90.5 Å². The molecule has 0 spiro atoms. The fourth-order valence-corrected chi connectivity index (χ4v) is 4.67. The number of quaternary nitrogens is 1. The lowest BCUT2D eigenvalue weighted by molar-refractivity contribution is 0.471. The maximum absolute atomic E-state index is 4.88. The van der Waals surface area contributed by atoms with E-state index < -0.39 is 0 Å². The molecule has 1 heterocycles. The number of benzene rings is 1. The van der Waals surface area contributed by atoms with Crippen LogP contribution >= 0.6 is 0 Å². The van der Waals surface area contributed by atoms with Crippen LogP contribution in [-0.4, -0.2) is 19.9 Å². The summed E-state index contributed by atoms with van der Waals surface area (Å²) in [6.45, 7) is 8.05. The van der Waals surface area contributed by atoms with Crippen LogP contribution in [0.3, 0.4) is 0 Å². The predicted octanol–water partition coefficient (Wildman–Crippen LogP) is 8.65. The van der Waals surface area contributed by atoms with E-state index in [9.17, 15) is 0 Å². The molecule has 29 heavy (non-hydrogen) atoms. The molecule has 0 fully saturated rings. The molecule has 0 radical (unpaired) electrons. The van der Waals surface area contributed by atoms with E-state index in [-0.39, 0.29) is 0 Å². The lowest BCUT2D eigenvalue weighted by Crippen LogP contribution is -2.42. The Labute approximate surface area is 181 Å². The van der Waals surface area contributed by atoms with Gasteiger partial charge in [-0.2, -0.15) is 4.99 Å². The molecule has 1 aliphatic heterocycles. The fraction of sp³-hybridized carbons (Fsp3) is 0.741. The van der Waals surface area contributed by atoms with E-state index in [2.05, 4.69) is 46.3 Å². The first-order valence-electron chi connectivity index (χ1n) is 12.7.